The molecule has 3 N–H and O–H groups in total. The number of aliphatic hydroxyl groups is 1. The van der Waals surface area contributed by atoms with Crippen molar-refractivity contribution in [2.75, 3.05) is 55.0 Å². The Labute approximate surface area is 169 Å². The summed E-state index contributed by atoms with van der Waals surface area (Å²) >= 11 is 0. The summed E-state index contributed by atoms with van der Waals surface area (Å²) in [5.74, 6) is -0.172. The summed E-state index contributed by atoms with van der Waals surface area (Å²) < 4.78 is 5.37. The predicted molar refractivity (Wildman–Crippen MR) is 106 cm³/mol. The van der Waals surface area contributed by atoms with Gasteiger partial charge in [-0.05, 0) is 12.5 Å². The molecule has 10 heteroatoms. The standard InChI is InChI=1S/C19H26N6O4/c1-13-2-4-14(5-3-13)15(12-16(27)28)21-18-22-17(20-6-9-26)23-19(24-18)25-7-10-29-11-8-25/h2-5,15,26H,6-12H2,1H3,(H,27,28)(H2,20,21,22,23,24)/p-1/t15-/m1/s1. The fourth-order valence-corrected chi connectivity index (χ4v) is 2.95. The molecule has 0 radical (unpaired) electrons. The lowest BCUT2D eigenvalue weighted by Gasteiger charge is -2.27. The van der Waals surface area contributed by atoms with Gasteiger partial charge in [0.25, 0.3) is 0 Å². The molecule has 1 aromatic heterocycles. The van der Waals surface area contributed by atoms with Crippen LogP contribution in [-0.4, -0.2) is 65.5 Å². The van der Waals surface area contributed by atoms with Gasteiger partial charge in [0.05, 0.1) is 25.9 Å². The van der Waals surface area contributed by atoms with Crippen molar-refractivity contribution in [1.82, 2.24) is 15.0 Å². The number of hydrogen-bond donors (Lipinski definition) is 3. The number of aryl methyl sites for hydroxylation is 1. The molecule has 1 fully saturated rings. The zero-order valence-corrected chi connectivity index (χ0v) is 16.3. The highest BCUT2D eigenvalue weighted by Gasteiger charge is 2.19. The Morgan fingerprint density at radius 3 is 2.55 bits per heavy atom. The second kappa shape index (κ2) is 9.99. The Hall–Kier alpha value is -2.98. The van der Waals surface area contributed by atoms with E-state index in [4.69, 9.17) is 9.84 Å². The van der Waals surface area contributed by atoms with Crippen molar-refractivity contribution >= 4 is 23.8 Å². The van der Waals surface area contributed by atoms with Crippen molar-refractivity contribution in [1.29, 1.82) is 0 Å². The van der Waals surface area contributed by atoms with Gasteiger partial charge >= 0.3 is 0 Å². The molecule has 2 heterocycles. The van der Waals surface area contributed by atoms with Gasteiger partial charge in [0.1, 0.15) is 0 Å². The first-order chi connectivity index (χ1) is 14.0. The quantitative estimate of drug-likeness (QED) is 0.514. The molecular formula is C19H25N6O4-. The molecule has 1 aliphatic rings. The molecule has 1 aliphatic heterocycles. The van der Waals surface area contributed by atoms with Gasteiger partial charge in [-0.1, -0.05) is 29.8 Å². The average molecular weight is 401 g/mol. The smallest absolute Gasteiger partial charge is 0.232 e. The second-order valence-corrected chi connectivity index (χ2v) is 6.72. The maximum atomic E-state index is 11.3. The van der Waals surface area contributed by atoms with E-state index in [0.717, 1.165) is 11.1 Å². The number of aromatic nitrogens is 3. The molecule has 0 saturated carbocycles. The number of carboxylic acids is 1. The van der Waals surface area contributed by atoms with E-state index in [1.807, 2.05) is 36.1 Å². The molecular weight excluding hydrogens is 376 g/mol. The van der Waals surface area contributed by atoms with Gasteiger partial charge in [0.15, 0.2) is 0 Å². The monoisotopic (exact) mass is 401 g/mol. The normalized spacial score (nSPS) is 15.0. The van der Waals surface area contributed by atoms with Gasteiger partial charge < -0.3 is 35.3 Å². The third-order valence-corrected chi connectivity index (χ3v) is 4.47. The SMILES string of the molecule is Cc1ccc([C@@H](CC(=O)[O-])Nc2nc(NCCO)nc(N3CCOCC3)n2)cc1. The molecule has 0 amide bonds. The van der Waals surface area contributed by atoms with Crippen LogP contribution in [-0.2, 0) is 9.53 Å². The molecule has 1 aromatic carbocycles. The number of aliphatic hydroxyl groups excluding tert-OH is 1. The summed E-state index contributed by atoms with van der Waals surface area (Å²) in [6, 6.07) is 7.00. The second-order valence-electron chi connectivity index (χ2n) is 6.72. The van der Waals surface area contributed by atoms with Crippen LogP contribution in [0.3, 0.4) is 0 Å². The zero-order chi connectivity index (χ0) is 20.6. The zero-order valence-electron chi connectivity index (χ0n) is 16.3. The minimum absolute atomic E-state index is 0.0714. The van der Waals surface area contributed by atoms with Crippen molar-refractivity contribution in [3.05, 3.63) is 35.4 Å². The van der Waals surface area contributed by atoms with Gasteiger partial charge in [-0.2, -0.15) is 15.0 Å². The number of carbonyl (C=O) groups excluding carboxylic acids is 1. The molecule has 1 saturated heterocycles. The summed E-state index contributed by atoms with van der Waals surface area (Å²) in [7, 11) is 0. The summed E-state index contributed by atoms with van der Waals surface area (Å²) in [4.78, 5) is 26.5. The molecule has 2 aromatic rings. The van der Waals surface area contributed by atoms with Crippen molar-refractivity contribution in [3.63, 3.8) is 0 Å². The number of aliphatic carboxylic acids is 1. The first-order valence-electron chi connectivity index (χ1n) is 9.51. The van der Waals surface area contributed by atoms with E-state index in [9.17, 15) is 9.90 Å². The third kappa shape index (κ3) is 6.00. The first-order valence-corrected chi connectivity index (χ1v) is 9.51. The van der Waals surface area contributed by atoms with E-state index in [0.29, 0.717) is 38.2 Å². The number of nitrogens with zero attached hydrogens (tertiary/aromatic N) is 4. The van der Waals surface area contributed by atoms with E-state index in [-0.39, 0.29) is 25.5 Å². The average Bonchev–Trinajstić information content (AvgIpc) is 2.72. The molecule has 156 valence electrons. The summed E-state index contributed by atoms with van der Waals surface area (Å²) in [6.07, 6.45) is -0.235. The Morgan fingerprint density at radius 1 is 1.21 bits per heavy atom. The Balaban J connectivity index is 1.88. The van der Waals surface area contributed by atoms with Crippen LogP contribution in [0.2, 0.25) is 0 Å². The van der Waals surface area contributed by atoms with Crippen LogP contribution in [0.1, 0.15) is 23.6 Å². The van der Waals surface area contributed by atoms with E-state index >= 15 is 0 Å². The van der Waals surface area contributed by atoms with Gasteiger partial charge in [0.2, 0.25) is 17.8 Å². The lowest BCUT2D eigenvalue weighted by atomic mass is 10.0. The number of morpholine rings is 1. The lowest BCUT2D eigenvalue weighted by molar-refractivity contribution is -0.306. The van der Waals surface area contributed by atoms with Gasteiger partial charge in [0, 0.05) is 32.0 Å². The number of rotatable bonds is 9. The number of hydrogen-bond acceptors (Lipinski definition) is 10. The minimum atomic E-state index is -1.18. The predicted octanol–water partition coefficient (Wildman–Crippen LogP) is -0.286. The highest BCUT2D eigenvalue weighted by molar-refractivity contribution is 5.66. The van der Waals surface area contributed by atoms with Crippen molar-refractivity contribution in [2.24, 2.45) is 0 Å². The van der Waals surface area contributed by atoms with Crippen LogP contribution in [0.25, 0.3) is 0 Å². The van der Waals surface area contributed by atoms with E-state index < -0.39 is 12.0 Å². The topological polar surface area (TPSA) is 136 Å². The molecule has 0 aliphatic carbocycles. The number of carboxylic acid groups (broad SMARTS) is 1. The maximum absolute atomic E-state index is 11.3. The van der Waals surface area contributed by atoms with Crippen LogP contribution >= 0.6 is 0 Å². The Morgan fingerprint density at radius 2 is 1.90 bits per heavy atom. The van der Waals surface area contributed by atoms with Crippen LogP contribution in [0, 0.1) is 6.92 Å². The van der Waals surface area contributed by atoms with Crippen LogP contribution in [0.4, 0.5) is 17.8 Å². The van der Waals surface area contributed by atoms with E-state index in [1.54, 1.807) is 0 Å². The van der Waals surface area contributed by atoms with Crippen molar-refractivity contribution < 1.29 is 19.7 Å². The minimum Gasteiger partial charge on any atom is -0.550 e. The van der Waals surface area contributed by atoms with Crippen molar-refractivity contribution in [2.45, 2.75) is 19.4 Å². The Bertz CT molecular complexity index is 811. The van der Waals surface area contributed by atoms with Crippen LogP contribution in [0.5, 0.6) is 0 Å². The van der Waals surface area contributed by atoms with Crippen LogP contribution in [0.15, 0.2) is 24.3 Å². The summed E-state index contributed by atoms with van der Waals surface area (Å²) in [5.41, 5.74) is 1.87. The summed E-state index contributed by atoms with van der Waals surface area (Å²) in [5, 5.41) is 26.4. The van der Waals surface area contributed by atoms with E-state index in [2.05, 4.69) is 25.6 Å². The molecule has 29 heavy (non-hydrogen) atoms. The lowest BCUT2D eigenvalue weighted by Crippen LogP contribution is -2.37. The molecule has 10 nitrogen and oxygen atoms in total. The molecule has 1 atom stereocenters. The third-order valence-electron chi connectivity index (χ3n) is 4.47. The number of anilines is 3. The maximum Gasteiger partial charge on any atom is 0.232 e. The fourth-order valence-electron chi connectivity index (χ4n) is 2.95. The molecule has 3 rings (SSSR count). The van der Waals surface area contributed by atoms with Crippen molar-refractivity contribution in [3.8, 4) is 0 Å². The molecule has 0 bridgehead atoms. The number of nitrogens with one attached hydrogen (secondary N) is 2. The highest BCUT2D eigenvalue weighted by Crippen LogP contribution is 2.23. The van der Waals surface area contributed by atoms with Crippen LogP contribution < -0.4 is 20.6 Å². The number of benzene rings is 1. The molecule has 0 spiro atoms. The highest BCUT2D eigenvalue weighted by atomic mass is 16.5. The van der Waals surface area contributed by atoms with Gasteiger partial charge in [-0.15, -0.1) is 0 Å². The van der Waals surface area contributed by atoms with Gasteiger partial charge in [-0.3, -0.25) is 0 Å². The number of ether oxygens (including phenoxy) is 1. The summed E-state index contributed by atoms with van der Waals surface area (Å²) in [6.45, 7) is 4.61. The largest absolute Gasteiger partial charge is 0.550 e. The number of carbonyl (C=O) groups is 1. The first kappa shape index (κ1) is 20.7. The fraction of sp³-hybridized carbons (Fsp3) is 0.474. The van der Waals surface area contributed by atoms with Gasteiger partial charge in [-0.25, -0.2) is 0 Å². The Kier molecular flexibility index (Phi) is 7.14. The van der Waals surface area contributed by atoms with E-state index in [1.165, 1.54) is 0 Å². The molecule has 0 unspecified atom stereocenters.